The summed E-state index contributed by atoms with van der Waals surface area (Å²) in [4.78, 5) is 52.9. The van der Waals surface area contributed by atoms with Crippen molar-refractivity contribution in [2.75, 3.05) is 69.2 Å². The van der Waals surface area contributed by atoms with Crippen LogP contribution in [-0.4, -0.2) is 120 Å². The fourth-order valence-corrected chi connectivity index (χ4v) is 10.7. The topological polar surface area (TPSA) is 201 Å². The van der Waals surface area contributed by atoms with E-state index in [2.05, 4.69) is 60.9 Å². The van der Waals surface area contributed by atoms with Gasteiger partial charge in [-0.25, -0.2) is 23.1 Å². The number of halogens is 1. The summed E-state index contributed by atoms with van der Waals surface area (Å²) in [6, 6.07) is 20.7. The standard InChI is InChI=1S/C49H55ClN10O7S/c1-31-29-58(32(2)61)21-22-67-46(31)28-52-41-12-10-38(25-45(41)60(63)64)68(65,66)55-48(62)39-11-9-37(24-43(39)59-44-23-34-14-16-51-47(34)54-42(44)27-53-59)57-19-17-56(18-20-57)30-35-13-15-49(3,4)26-40(35)33-5-7-36(50)8-6-33/h5-12,14,16,23-25,27,31,46,52-53H,13,15,17-22,26,28-30H2,1-4H3,(H,55,62)/t31?,46-/m1/s1. The Bertz CT molecular complexity index is 3050. The predicted molar refractivity (Wildman–Crippen MR) is 263 cm³/mol. The fraction of sp³-hybridized carbons (Fsp3) is 0.388. The lowest BCUT2D eigenvalue weighted by Crippen LogP contribution is -2.47. The van der Waals surface area contributed by atoms with Gasteiger partial charge in [0, 0.05) is 99.8 Å². The number of nitro groups is 1. The largest absolute Gasteiger partial charge is 0.377 e. The minimum absolute atomic E-state index is 0.0426. The third kappa shape index (κ3) is 9.95. The third-order valence-electron chi connectivity index (χ3n) is 13.5. The summed E-state index contributed by atoms with van der Waals surface area (Å²) in [6.07, 6.45) is 6.18. The Labute approximate surface area is 399 Å². The number of anilines is 2. The van der Waals surface area contributed by atoms with Crippen molar-refractivity contribution in [3.8, 4) is 5.69 Å². The molecule has 0 bridgehead atoms. The van der Waals surface area contributed by atoms with Crippen molar-refractivity contribution in [3.63, 3.8) is 0 Å². The monoisotopic (exact) mass is 962 g/mol. The first-order chi connectivity index (χ1) is 32.5. The maximum absolute atomic E-state index is 14.3. The molecule has 5 heterocycles. The molecular weight excluding hydrogens is 908 g/mol. The molecule has 3 aromatic heterocycles. The number of H-pyrrole nitrogens is 1. The highest BCUT2D eigenvalue weighted by Gasteiger charge is 2.32. The van der Waals surface area contributed by atoms with Gasteiger partial charge in [-0.05, 0) is 90.4 Å². The smallest absolute Gasteiger partial charge is 0.293 e. The zero-order chi connectivity index (χ0) is 47.9. The molecule has 0 saturated carbocycles. The van der Waals surface area contributed by atoms with Crippen molar-refractivity contribution in [2.45, 2.75) is 58.0 Å². The van der Waals surface area contributed by atoms with E-state index in [0.717, 1.165) is 74.1 Å². The first-order valence-electron chi connectivity index (χ1n) is 22.9. The molecule has 356 valence electrons. The maximum Gasteiger partial charge on any atom is 0.293 e. The second-order valence-electron chi connectivity index (χ2n) is 18.9. The molecule has 0 spiro atoms. The molecule has 17 nitrogen and oxygen atoms in total. The number of aromatic nitrogens is 4. The van der Waals surface area contributed by atoms with Crippen LogP contribution in [0.1, 0.15) is 62.9 Å². The number of rotatable bonds is 12. The number of hydrogen-bond donors (Lipinski definition) is 3. The molecule has 1 aliphatic carbocycles. The summed E-state index contributed by atoms with van der Waals surface area (Å²) < 4.78 is 37.8. The van der Waals surface area contributed by atoms with E-state index in [1.165, 1.54) is 35.8 Å². The van der Waals surface area contributed by atoms with Crippen LogP contribution in [0.3, 0.4) is 0 Å². The molecule has 1 unspecified atom stereocenters. The van der Waals surface area contributed by atoms with Crippen LogP contribution in [0.25, 0.3) is 33.3 Å². The summed E-state index contributed by atoms with van der Waals surface area (Å²) in [5, 5.41) is 20.1. The number of aromatic amines is 1. The molecule has 3 N–H and O–H groups in total. The molecule has 2 saturated heterocycles. The van der Waals surface area contributed by atoms with E-state index in [0.29, 0.717) is 42.1 Å². The number of amides is 2. The molecule has 2 amide bonds. The highest BCUT2D eigenvalue weighted by molar-refractivity contribution is 7.90. The number of nitrogens with zero attached hydrogens (tertiary/aromatic N) is 7. The number of carbonyl (C=O) groups excluding carboxylic acids is 2. The van der Waals surface area contributed by atoms with Crippen molar-refractivity contribution in [1.29, 1.82) is 0 Å². The lowest BCUT2D eigenvalue weighted by molar-refractivity contribution is -0.384. The number of carbonyl (C=O) groups is 2. The first kappa shape index (κ1) is 46.8. The molecule has 0 radical (unpaired) electrons. The van der Waals surface area contributed by atoms with Gasteiger partial charge in [-0.3, -0.25) is 34.4 Å². The Morgan fingerprint density at radius 2 is 1.79 bits per heavy atom. The van der Waals surface area contributed by atoms with Crippen LogP contribution in [0.5, 0.6) is 0 Å². The van der Waals surface area contributed by atoms with E-state index in [1.807, 2.05) is 43.3 Å². The number of ether oxygens (including phenoxy) is 1. The number of fused-ring (bicyclic) bond motifs is 2. The summed E-state index contributed by atoms with van der Waals surface area (Å²) in [7, 11) is -4.63. The highest BCUT2D eigenvalue weighted by atomic mass is 35.5. The number of allylic oxidation sites excluding steroid dienone is 1. The van der Waals surface area contributed by atoms with Gasteiger partial charge in [0.15, 0.2) is 5.65 Å². The number of piperazine rings is 1. The van der Waals surface area contributed by atoms with Gasteiger partial charge in [0.1, 0.15) is 11.2 Å². The van der Waals surface area contributed by atoms with Crippen LogP contribution in [-0.2, 0) is 19.6 Å². The SMILES string of the molecule is CC(=O)N1CCO[C@H](CNc2ccc(S(=O)(=O)NC(=O)c3ccc(N4CCN(CC5=C(c6ccc(Cl)cc6)CC(C)(C)CC5)CC4)cc3-n3[nH]cc4nc5nccc5cc43)cc2[N+](=O)[O-])C(C)C1. The molecule has 19 heteroatoms. The molecule has 9 rings (SSSR count). The van der Waals surface area contributed by atoms with E-state index < -0.39 is 31.4 Å². The van der Waals surface area contributed by atoms with E-state index >= 15 is 0 Å². The molecular formula is C49H55ClN10O7S. The lowest BCUT2D eigenvalue weighted by atomic mass is 9.72. The van der Waals surface area contributed by atoms with Crippen molar-refractivity contribution < 1.29 is 27.7 Å². The van der Waals surface area contributed by atoms with Gasteiger partial charge in [0.25, 0.3) is 21.6 Å². The third-order valence-corrected chi connectivity index (χ3v) is 15.1. The first-order valence-corrected chi connectivity index (χ1v) is 24.7. The minimum atomic E-state index is -4.63. The Morgan fingerprint density at radius 3 is 2.54 bits per heavy atom. The molecule has 3 aromatic carbocycles. The molecule has 6 aromatic rings. The summed E-state index contributed by atoms with van der Waals surface area (Å²) >= 11 is 6.26. The zero-order valence-corrected chi connectivity index (χ0v) is 40.1. The van der Waals surface area contributed by atoms with Crippen LogP contribution < -0.4 is 14.9 Å². The van der Waals surface area contributed by atoms with Gasteiger partial charge in [-0.1, -0.05) is 50.1 Å². The number of nitrogens with one attached hydrogen (secondary N) is 3. The average molecular weight is 964 g/mol. The van der Waals surface area contributed by atoms with Crippen LogP contribution >= 0.6 is 11.6 Å². The van der Waals surface area contributed by atoms with Crippen LogP contribution in [0.4, 0.5) is 17.1 Å². The highest BCUT2D eigenvalue weighted by Crippen LogP contribution is 2.43. The molecule has 2 fully saturated rings. The molecule has 68 heavy (non-hydrogen) atoms. The Hall–Kier alpha value is -6.34. The van der Waals surface area contributed by atoms with Gasteiger partial charge in [0.05, 0.1) is 39.3 Å². The van der Waals surface area contributed by atoms with Crippen LogP contribution in [0.2, 0.25) is 5.02 Å². The van der Waals surface area contributed by atoms with Gasteiger partial charge < -0.3 is 19.9 Å². The predicted octanol–water partition coefficient (Wildman–Crippen LogP) is 7.66. The maximum atomic E-state index is 14.3. The van der Waals surface area contributed by atoms with Crippen LogP contribution in [0.15, 0.2) is 95.7 Å². The Kier molecular flexibility index (Phi) is 13.0. The van der Waals surface area contributed by atoms with Crippen molar-refractivity contribution in [2.24, 2.45) is 11.3 Å². The second kappa shape index (κ2) is 19.0. The number of benzene rings is 3. The van der Waals surface area contributed by atoms with Gasteiger partial charge in [0.2, 0.25) is 5.91 Å². The van der Waals surface area contributed by atoms with Crippen molar-refractivity contribution >= 4 is 78.1 Å². The fourth-order valence-electron chi connectivity index (χ4n) is 9.61. The average Bonchev–Trinajstić information content (AvgIpc) is 3.90. The quantitative estimate of drug-likeness (QED) is 0.0800. The Balaban J connectivity index is 0.958. The summed E-state index contributed by atoms with van der Waals surface area (Å²) in [6.45, 7) is 13.5. The van der Waals surface area contributed by atoms with Gasteiger partial charge in [-0.2, -0.15) is 0 Å². The van der Waals surface area contributed by atoms with E-state index in [1.54, 1.807) is 28.0 Å². The normalized spacial score (nSPS) is 19.3. The van der Waals surface area contributed by atoms with Crippen molar-refractivity contribution in [3.05, 3.63) is 117 Å². The number of sulfonamides is 1. The lowest BCUT2D eigenvalue weighted by Gasteiger charge is -2.39. The zero-order valence-electron chi connectivity index (χ0n) is 38.5. The Morgan fingerprint density at radius 1 is 1.01 bits per heavy atom. The number of hydrogen-bond acceptors (Lipinski definition) is 12. The molecule has 3 aliphatic rings. The van der Waals surface area contributed by atoms with Gasteiger partial charge in [-0.15, -0.1) is 0 Å². The summed E-state index contributed by atoms with van der Waals surface area (Å²) in [5.74, 6) is -1.06. The number of pyridine rings is 1. The van der Waals surface area contributed by atoms with Crippen molar-refractivity contribution in [1.82, 2.24) is 34.3 Å². The summed E-state index contributed by atoms with van der Waals surface area (Å²) in [5.41, 5.74) is 6.96. The minimum Gasteiger partial charge on any atom is -0.377 e. The number of nitro benzene ring substituents is 1. The van der Waals surface area contributed by atoms with E-state index in [9.17, 15) is 28.1 Å². The molecule has 2 atom stereocenters. The van der Waals surface area contributed by atoms with Crippen LogP contribution in [0, 0.1) is 21.4 Å². The molecule has 2 aliphatic heterocycles. The van der Waals surface area contributed by atoms with E-state index in [4.69, 9.17) is 16.3 Å². The van der Waals surface area contributed by atoms with Gasteiger partial charge >= 0.3 is 0 Å². The van der Waals surface area contributed by atoms with E-state index in [-0.39, 0.29) is 41.1 Å². The second-order valence-corrected chi connectivity index (χ2v) is 21.0.